The van der Waals surface area contributed by atoms with Gasteiger partial charge in [0.25, 0.3) is 0 Å². The first-order valence-corrected chi connectivity index (χ1v) is 7.97. The highest BCUT2D eigenvalue weighted by atomic mass is 32.1. The maximum Gasteiger partial charge on any atom is 0.0959 e. The van der Waals surface area contributed by atoms with Crippen molar-refractivity contribution in [2.45, 2.75) is 69.9 Å². The highest BCUT2D eigenvalue weighted by Gasteiger charge is 2.21. The molecule has 94 valence electrons. The summed E-state index contributed by atoms with van der Waals surface area (Å²) in [5.41, 5.74) is 1.26. The molecule has 2 fully saturated rings. The van der Waals surface area contributed by atoms with Crippen molar-refractivity contribution in [3.8, 4) is 0 Å². The smallest absolute Gasteiger partial charge is 0.0959 e. The summed E-state index contributed by atoms with van der Waals surface area (Å²) in [6.07, 6.45) is 11.1. The van der Waals surface area contributed by atoms with Gasteiger partial charge in [0.2, 0.25) is 0 Å². The number of hydrogen-bond donors (Lipinski definition) is 1. The summed E-state index contributed by atoms with van der Waals surface area (Å²) in [7, 11) is 0. The molecule has 0 aliphatic heterocycles. The minimum absolute atomic E-state index is 0.761. The highest BCUT2D eigenvalue weighted by Crippen LogP contribution is 2.33. The van der Waals surface area contributed by atoms with Crippen LogP contribution in [0.2, 0.25) is 0 Å². The Morgan fingerprint density at radius 1 is 1.12 bits per heavy atom. The first-order chi connectivity index (χ1) is 8.42. The van der Waals surface area contributed by atoms with E-state index in [2.05, 4.69) is 10.7 Å². The third-order valence-corrected chi connectivity index (χ3v) is 4.98. The second-order valence-electron chi connectivity index (χ2n) is 5.52. The molecule has 0 bridgehead atoms. The van der Waals surface area contributed by atoms with Crippen LogP contribution in [-0.2, 0) is 6.54 Å². The van der Waals surface area contributed by atoms with Crippen molar-refractivity contribution < 1.29 is 0 Å². The largest absolute Gasteiger partial charge is 0.308 e. The third kappa shape index (κ3) is 3.29. The summed E-state index contributed by atoms with van der Waals surface area (Å²) in [5, 5.41) is 7.21. The molecule has 3 heteroatoms. The number of nitrogens with one attached hydrogen (secondary N) is 1. The van der Waals surface area contributed by atoms with Gasteiger partial charge in [0.1, 0.15) is 0 Å². The lowest BCUT2D eigenvalue weighted by atomic mass is 10.0. The van der Waals surface area contributed by atoms with E-state index in [1.54, 1.807) is 0 Å². The summed E-state index contributed by atoms with van der Waals surface area (Å²) >= 11 is 1.89. The third-order valence-electron chi connectivity index (χ3n) is 3.92. The van der Waals surface area contributed by atoms with Crippen LogP contribution >= 0.6 is 11.3 Å². The van der Waals surface area contributed by atoms with E-state index in [0.717, 1.165) is 18.5 Å². The van der Waals surface area contributed by atoms with Crippen LogP contribution in [0.5, 0.6) is 0 Å². The van der Waals surface area contributed by atoms with Crippen LogP contribution in [0.1, 0.15) is 68.0 Å². The standard InChI is InChI=1S/C14H22N2S/c1-2-4-6-11(5-3-1)14-16-13(10-17-14)9-15-12-7-8-12/h10-12,15H,1-9H2. The molecule has 3 rings (SSSR count). The van der Waals surface area contributed by atoms with Crippen molar-refractivity contribution >= 4 is 11.3 Å². The van der Waals surface area contributed by atoms with E-state index in [1.807, 2.05) is 11.3 Å². The summed E-state index contributed by atoms with van der Waals surface area (Å²) in [4.78, 5) is 4.83. The van der Waals surface area contributed by atoms with Gasteiger partial charge in [-0.2, -0.15) is 0 Å². The first kappa shape index (κ1) is 11.7. The zero-order valence-corrected chi connectivity index (χ0v) is 11.3. The number of aromatic nitrogens is 1. The van der Waals surface area contributed by atoms with E-state index in [1.165, 1.54) is 62.1 Å². The van der Waals surface area contributed by atoms with Crippen LogP contribution in [0.15, 0.2) is 5.38 Å². The zero-order chi connectivity index (χ0) is 11.5. The van der Waals surface area contributed by atoms with Gasteiger partial charge in [-0.25, -0.2) is 4.98 Å². The van der Waals surface area contributed by atoms with Gasteiger partial charge < -0.3 is 5.32 Å². The Morgan fingerprint density at radius 2 is 1.88 bits per heavy atom. The molecule has 0 atom stereocenters. The molecule has 0 radical (unpaired) electrons. The Hall–Kier alpha value is -0.410. The highest BCUT2D eigenvalue weighted by molar-refractivity contribution is 7.09. The quantitative estimate of drug-likeness (QED) is 0.821. The van der Waals surface area contributed by atoms with Crippen molar-refractivity contribution in [2.24, 2.45) is 0 Å². The molecule has 0 saturated heterocycles. The molecule has 1 N–H and O–H groups in total. The second-order valence-corrected chi connectivity index (χ2v) is 6.41. The van der Waals surface area contributed by atoms with E-state index in [9.17, 15) is 0 Å². The number of hydrogen-bond acceptors (Lipinski definition) is 3. The van der Waals surface area contributed by atoms with Gasteiger partial charge in [-0.15, -0.1) is 11.3 Å². The molecular formula is C14H22N2S. The number of thiazole rings is 1. The van der Waals surface area contributed by atoms with Gasteiger partial charge in [0, 0.05) is 23.9 Å². The minimum Gasteiger partial charge on any atom is -0.308 e. The van der Waals surface area contributed by atoms with E-state index in [0.29, 0.717) is 0 Å². The monoisotopic (exact) mass is 250 g/mol. The van der Waals surface area contributed by atoms with Crippen LogP contribution < -0.4 is 5.32 Å². The van der Waals surface area contributed by atoms with Gasteiger partial charge in [-0.3, -0.25) is 0 Å². The van der Waals surface area contributed by atoms with Crippen LogP contribution in [0.3, 0.4) is 0 Å². The molecule has 2 nitrogen and oxygen atoms in total. The maximum atomic E-state index is 4.83. The molecular weight excluding hydrogens is 228 g/mol. The molecule has 0 unspecified atom stereocenters. The molecule has 1 aromatic heterocycles. The normalized spacial score (nSPS) is 22.6. The molecule has 0 aromatic carbocycles. The molecule has 0 spiro atoms. The molecule has 2 aliphatic rings. The predicted octanol–water partition coefficient (Wildman–Crippen LogP) is 3.83. The van der Waals surface area contributed by atoms with E-state index in [4.69, 9.17) is 4.98 Å². The van der Waals surface area contributed by atoms with Crippen molar-refractivity contribution in [1.29, 1.82) is 0 Å². The fourth-order valence-corrected chi connectivity index (χ4v) is 3.64. The maximum absolute atomic E-state index is 4.83. The van der Waals surface area contributed by atoms with E-state index >= 15 is 0 Å². The summed E-state index contributed by atoms with van der Waals surface area (Å²) < 4.78 is 0. The molecule has 2 saturated carbocycles. The van der Waals surface area contributed by atoms with Crippen LogP contribution in [0, 0.1) is 0 Å². The Balaban J connectivity index is 1.57. The van der Waals surface area contributed by atoms with E-state index in [-0.39, 0.29) is 0 Å². The fraction of sp³-hybridized carbons (Fsp3) is 0.786. The zero-order valence-electron chi connectivity index (χ0n) is 10.5. The first-order valence-electron chi connectivity index (χ1n) is 7.09. The molecule has 0 amide bonds. The Kier molecular flexibility index (Phi) is 3.77. The van der Waals surface area contributed by atoms with Gasteiger partial charge in [-0.05, 0) is 25.7 Å². The van der Waals surface area contributed by atoms with Crippen molar-refractivity contribution in [3.05, 3.63) is 16.1 Å². The Morgan fingerprint density at radius 3 is 2.59 bits per heavy atom. The average Bonchev–Trinajstić information content (AvgIpc) is 3.12. The number of rotatable bonds is 4. The van der Waals surface area contributed by atoms with Crippen LogP contribution in [0.25, 0.3) is 0 Å². The average molecular weight is 250 g/mol. The summed E-state index contributed by atoms with van der Waals surface area (Å²) in [5.74, 6) is 0.761. The molecule has 17 heavy (non-hydrogen) atoms. The summed E-state index contributed by atoms with van der Waals surface area (Å²) in [6.45, 7) is 0.980. The van der Waals surface area contributed by atoms with Gasteiger partial charge in [0.15, 0.2) is 0 Å². The minimum atomic E-state index is 0.761. The van der Waals surface area contributed by atoms with E-state index < -0.39 is 0 Å². The second kappa shape index (κ2) is 5.49. The Bertz CT molecular complexity index is 349. The van der Waals surface area contributed by atoms with Gasteiger partial charge in [-0.1, -0.05) is 25.7 Å². The predicted molar refractivity (Wildman–Crippen MR) is 72.4 cm³/mol. The molecule has 1 aromatic rings. The SMILES string of the molecule is c1sc(C2CCCCCC2)nc1CNC1CC1. The Labute approximate surface area is 108 Å². The lowest BCUT2D eigenvalue weighted by molar-refractivity contribution is 0.584. The van der Waals surface area contributed by atoms with Crippen molar-refractivity contribution in [1.82, 2.24) is 10.3 Å². The number of nitrogens with zero attached hydrogens (tertiary/aromatic N) is 1. The van der Waals surface area contributed by atoms with Gasteiger partial charge >= 0.3 is 0 Å². The lowest BCUT2D eigenvalue weighted by Gasteiger charge is -2.09. The van der Waals surface area contributed by atoms with Crippen molar-refractivity contribution in [2.75, 3.05) is 0 Å². The molecule has 1 heterocycles. The van der Waals surface area contributed by atoms with Crippen LogP contribution in [0.4, 0.5) is 0 Å². The van der Waals surface area contributed by atoms with Gasteiger partial charge in [0.05, 0.1) is 10.7 Å². The van der Waals surface area contributed by atoms with Crippen molar-refractivity contribution in [3.63, 3.8) is 0 Å². The topological polar surface area (TPSA) is 24.9 Å². The summed E-state index contributed by atoms with van der Waals surface area (Å²) in [6, 6.07) is 0.790. The van der Waals surface area contributed by atoms with Crippen LogP contribution in [-0.4, -0.2) is 11.0 Å². The lowest BCUT2D eigenvalue weighted by Crippen LogP contribution is -2.15. The molecule has 2 aliphatic carbocycles. The fourth-order valence-electron chi connectivity index (χ4n) is 2.65.